The molecule has 0 saturated heterocycles. The predicted octanol–water partition coefficient (Wildman–Crippen LogP) is 5.35. The lowest BCUT2D eigenvalue weighted by Gasteiger charge is -2.28. The average molecular weight is 620 g/mol. The van der Waals surface area contributed by atoms with Gasteiger partial charge in [0.15, 0.2) is 0 Å². The molecule has 3 aromatic carbocycles. The van der Waals surface area contributed by atoms with Crippen LogP contribution in [0.25, 0.3) is 0 Å². The molecule has 9 nitrogen and oxygen atoms in total. The van der Waals surface area contributed by atoms with Crippen LogP contribution in [0.15, 0.2) is 71.6 Å². The molecule has 0 unspecified atom stereocenters. The number of halogens is 4. The van der Waals surface area contributed by atoms with Gasteiger partial charge in [-0.1, -0.05) is 11.6 Å². The molecule has 0 aliphatic rings. The number of alkyl halides is 3. The molecule has 0 fully saturated rings. The average Bonchev–Trinajstić information content (AvgIpc) is 2.85. The van der Waals surface area contributed by atoms with Crippen LogP contribution in [0.3, 0.4) is 0 Å². The first-order valence-corrected chi connectivity index (χ1v) is 15.3. The number of nitrogens with zero attached hydrogens (tertiary/aromatic N) is 1. The van der Waals surface area contributed by atoms with Gasteiger partial charge in [-0.2, -0.15) is 13.2 Å². The predicted molar refractivity (Wildman–Crippen MR) is 147 cm³/mol. The highest BCUT2D eigenvalue weighted by Gasteiger charge is 2.34. The summed E-state index contributed by atoms with van der Waals surface area (Å²) in [4.78, 5) is 12.6. The van der Waals surface area contributed by atoms with Gasteiger partial charge in [0.1, 0.15) is 11.8 Å². The fourth-order valence-electron chi connectivity index (χ4n) is 3.65. The largest absolute Gasteiger partial charge is 0.494 e. The molecule has 3 aromatic rings. The van der Waals surface area contributed by atoms with Crippen LogP contribution in [0, 0.1) is 0 Å². The van der Waals surface area contributed by atoms with Crippen LogP contribution in [0.4, 0.5) is 30.2 Å². The van der Waals surface area contributed by atoms with Gasteiger partial charge in [0, 0.05) is 11.4 Å². The minimum Gasteiger partial charge on any atom is -0.494 e. The van der Waals surface area contributed by atoms with Crippen LogP contribution >= 0.6 is 11.6 Å². The van der Waals surface area contributed by atoms with Crippen molar-refractivity contribution in [2.24, 2.45) is 0 Å². The van der Waals surface area contributed by atoms with E-state index in [2.05, 4.69) is 10.0 Å². The second-order valence-corrected chi connectivity index (χ2v) is 12.4. The maximum Gasteiger partial charge on any atom is 0.417 e. The quantitative estimate of drug-likeness (QED) is 0.315. The summed E-state index contributed by atoms with van der Waals surface area (Å²) in [7, 11) is -8.18. The van der Waals surface area contributed by atoms with E-state index in [1.54, 1.807) is 19.1 Å². The van der Waals surface area contributed by atoms with E-state index in [9.17, 15) is 34.8 Å². The molecule has 1 amide bonds. The first kappa shape index (κ1) is 31.0. The third-order valence-corrected chi connectivity index (χ3v) is 8.42. The van der Waals surface area contributed by atoms with Gasteiger partial charge in [0.25, 0.3) is 10.0 Å². The molecule has 0 aliphatic carbocycles. The van der Waals surface area contributed by atoms with Gasteiger partial charge in [-0.3, -0.25) is 13.8 Å². The minimum absolute atomic E-state index is 0.154. The Morgan fingerprint density at radius 3 is 2.08 bits per heavy atom. The first-order valence-electron chi connectivity index (χ1n) is 11.6. The van der Waals surface area contributed by atoms with E-state index in [0.717, 1.165) is 34.8 Å². The van der Waals surface area contributed by atoms with E-state index in [4.69, 9.17) is 16.3 Å². The zero-order chi connectivity index (χ0) is 29.9. The number of carbonyl (C=O) groups is 1. The second kappa shape index (κ2) is 11.9. The normalized spacial score (nSPS) is 12.9. The first-order chi connectivity index (χ1) is 18.5. The van der Waals surface area contributed by atoms with Gasteiger partial charge in [0.2, 0.25) is 15.9 Å². The summed E-state index contributed by atoms with van der Waals surface area (Å²) in [5, 5.41) is 1.95. The lowest BCUT2D eigenvalue weighted by molar-refractivity contribution is -0.137. The highest BCUT2D eigenvalue weighted by Crippen LogP contribution is 2.36. The molecule has 0 heterocycles. The molecular formula is C25H25ClF3N3O6S2. The van der Waals surface area contributed by atoms with Gasteiger partial charge in [-0.05, 0) is 80.6 Å². The Kier molecular flexibility index (Phi) is 9.27. The molecule has 0 aliphatic heterocycles. The number of anilines is 3. The van der Waals surface area contributed by atoms with Gasteiger partial charge in [-0.25, -0.2) is 16.8 Å². The summed E-state index contributed by atoms with van der Waals surface area (Å²) >= 11 is 5.57. The molecule has 1 atom stereocenters. The lowest BCUT2D eigenvalue weighted by Crippen LogP contribution is -2.45. The van der Waals surface area contributed by atoms with E-state index >= 15 is 0 Å². The minimum atomic E-state index is -4.78. The van der Waals surface area contributed by atoms with Gasteiger partial charge in [0.05, 0.1) is 34.0 Å². The van der Waals surface area contributed by atoms with Crippen molar-refractivity contribution < 1.29 is 39.5 Å². The van der Waals surface area contributed by atoms with Crippen molar-refractivity contribution in [1.82, 2.24) is 0 Å². The molecule has 2 N–H and O–H groups in total. The van der Waals surface area contributed by atoms with E-state index < -0.39 is 48.8 Å². The van der Waals surface area contributed by atoms with Crippen LogP contribution in [0.2, 0.25) is 5.02 Å². The second-order valence-electron chi connectivity index (χ2n) is 8.47. The van der Waals surface area contributed by atoms with Crippen molar-refractivity contribution in [3.63, 3.8) is 0 Å². The van der Waals surface area contributed by atoms with Gasteiger partial charge >= 0.3 is 6.18 Å². The van der Waals surface area contributed by atoms with E-state index in [1.807, 2.05) is 0 Å². The maximum atomic E-state index is 13.1. The van der Waals surface area contributed by atoms with Crippen LogP contribution in [0.5, 0.6) is 5.75 Å². The molecule has 0 bridgehead atoms. The summed E-state index contributed by atoms with van der Waals surface area (Å²) in [6.07, 6.45) is -3.83. The molecule has 3 rings (SSSR count). The molecule has 15 heteroatoms. The third kappa shape index (κ3) is 7.58. The zero-order valence-corrected chi connectivity index (χ0v) is 23.7. The topological polar surface area (TPSA) is 122 Å². The maximum absolute atomic E-state index is 13.1. The van der Waals surface area contributed by atoms with Crippen molar-refractivity contribution in [3.05, 3.63) is 77.3 Å². The Bertz CT molecular complexity index is 1580. The Morgan fingerprint density at radius 1 is 0.975 bits per heavy atom. The van der Waals surface area contributed by atoms with Crippen molar-refractivity contribution in [2.75, 3.05) is 27.2 Å². The Morgan fingerprint density at radius 2 is 1.55 bits per heavy atom. The number of amides is 1. The summed E-state index contributed by atoms with van der Waals surface area (Å²) in [5.41, 5.74) is -1.16. The molecule has 0 aromatic heterocycles. The van der Waals surface area contributed by atoms with E-state index in [1.165, 1.54) is 31.2 Å². The monoisotopic (exact) mass is 619 g/mol. The van der Waals surface area contributed by atoms with E-state index in [-0.39, 0.29) is 22.0 Å². The fraction of sp³-hybridized carbons (Fsp3) is 0.240. The molecule has 216 valence electrons. The van der Waals surface area contributed by atoms with Crippen molar-refractivity contribution in [3.8, 4) is 5.75 Å². The van der Waals surface area contributed by atoms with Crippen LogP contribution < -0.4 is 19.1 Å². The number of hydrogen-bond acceptors (Lipinski definition) is 6. The number of nitrogens with one attached hydrogen (secondary N) is 2. The molecule has 0 radical (unpaired) electrons. The number of rotatable bonds is 10. The van der Waals surface area contributed by atoms with Gasteiger partial charge < -0.3 is 10.1 Å². The Labute approximate surface area is 235 Å². The Balaban J connectivity index is 1.76. The van der Waals surface area contributed by atoms with E-state index in [0.29, 0.717) is 18.4 Å². The van der Waals surface area contributed by atoms with Crippen LogP contribution in [-0.2, 0) is 31.0 Å². The SMILES string of the molecule is CCOc1ccc(N([C@H](C)C(=O)Nc2ccc(S(=O)(=O)Nc3ccc(Cl)c(C(F)(F)F)c3)cc2)S(C)(=O)=O)cc1. The van der Waals surface area contributed by atoms with Crippen molar-refractivity contribution in [1.29, 1.82) is 0 Å². The highest BCUT2D eigenvalue weighted by molar-refractivity contribution is 7.92. The highest BCUT2D eigenvalue weighted by atomic mass is 35.5. The number of benzene rings is 3. The molecule has 0 spiro atoms. The smallest absolute Gasteiger partial charge is 0.417 e. The summed E-state index contributed by atoms with van der Waals surface area (Å²) in [6, 6.07) is 12.3. The lowest BCUT2D eigenvalue weighted by atomic mass is 10.2. The molecule has 40 heavy (non-hydrogen) atoms. The summed E-state index contributed by atoms with van der Waals surface area (Å²) < 4.78 is 98.1. The van der Waals surface area contributed by atoms with Crippen molar-refractivity contribution in [2.45, 2.75) is 31.0 Å². The summed E-state index contributed by atoms with van der Waals surface area (Å²) in [5.74, 6) is -0.174. The van der Waals surface area contributed by atoms with Crippen LogP contribution in [-0.4, -0.2) is 41.6 Å². The number of ether oxygens (including phenoxy) is 1. The number of carbonyl (C=O) groups excluding carboxylic acids is 1. The third-order valence-electron chi connectivity index (χ3n) is 5.45. The standard InChI is InChI=1S/C25H25ClF3N3O6S2/c1-4-38-20-10-8-19(9-11-20)32(39(3,34)35)16(2)24(33)30-17-5-12-21(13-6-17)40(36,37)31-18-7-14-23(26)22(15-18)25(27,28)29/h5-16,31H,4H2,1-3H3,(H,30,33)/t16-/m1/s1. The Hall–Kier alpha value is -3.49. The molecular weight excluding hydrogens is 595 g/mol. The van der Waals surface area contributed by atoms with Gasteiger partial charge in [-0.15, -0.1) is 0 Å². The van der Waals surface area contributed by atoms with Crippen molar-refractivity contribution >= 4 is 54.6 Å². The number of sulfonamides is 2. The van der Waals surface area contributed by atoms with Crippen LogP contribution in [0.1, 0.15) is 19.4 Å². The fourth-order valence-corrected chi connectivity index (χ4v) is 6.10. The number of hydrogen-bond donors (Lipinski definition) is 2. The zero-order valence-electron chi connectivity index (χ0n) is 21.4. The summed E-state index contributed by atoms with van der Waals surface area (Å²) in [6.45, 7) is 3.61. The molecule has 0 saturated carbocycles.